The van der Waals surface area contributed by atoms with Gasteiger partial charge in [0.1, 0.15) is 0 Å². The van der Waals surface area contributed by atoms with Gasteiger partial charge in [0.05, 0.1) is 6.61 Å². The molecule has 2 nitrogen and oxygen atoms in total. The fourth-order valence-electron chi connectivity index (χ4n) is 3.24. The monoisotopic (exact) mass is 472 g/mol. The molecular weight excluding hydrogens is 432 g/mol. The molecule has 0 N–H and O–H groups in total. The molecule has 0 aliphatic heterocycles. The average molecular weight is 473 g/mol. The summed E-state index contributed by atoms with van der Waals surface area (Å²) in [5.74, 6) is 0.849. The second-order valence-electron chi connectivity index (χ2n) is 7.59. The predicted octanol–water partition coefficient (Wildman–Crippen LogP) is 7.97. The largest absolute Gasteiger partial charge is 0.748 e. The summed E-state index contributed by atoms with van der Waals surface area (Å²) >= 11 is 4.24. The van der Waals surface area contributed by atoms with Crippen molar-refractivity contribution in [2.45, 2.75) is 83.5 Å². The Balaban J connectivity index is 0.00000122. The zero-order valence-electron chi connectivity index (χ0n) is 18.4. The minimum Gasteiger partial charge on any atom is -0.748 e. The molecule has 0 radical (unpaired) electrons. The van der Waals surface area contributed by atoms with Crippen molar-refractivity contribution < 1.29 is 26.6 Å². The van der Waals surface area contributed by atoms with Crippen LogP contribution in [0.3, 0.4) is 0 Å². The first-order chi connectivity index (χ1) is 14.3. The van der Waals surface area contributed by atoms with E-state index in [-0.39, 0.29) is 23.0 Å². The topological polar surface area (TPSA) is 26.3 Å². The number of hydrogen-bond acceptors (Lipinski definition) is 3. The van der Waals surface area contributed by atoms with E-state index in [4.69, 9.17) is 4.74 Å². The van der Waals surface area contributed by atoms with Crippen LogP contribution < -0.4 is 0 Å². The average Bonchev–Trinajstić information content (AvgIpc) is 3.47. The maximum Gasteiger partial charge on any atom is 0.281 e. The van der Waals surface area contributed by atoms with Gasteiger partial charge in [-0.2, -0.15) is 24.8 Å². The van der Waals surface area contributed by atoms with Crippen LogP contribution in [0.5, 0.6) is 0 Å². The van der Waals surface area contributed by atoms with Gasteiger partial charge in [-0.15, -0.1) is 0 Å². The van der Waals surface area contributed by atoms with Crippen molar-refractivity contribution in [2.24, 2.45) is 0 Å². The van der Waals surface area contributed by atoms with Crippen molar-refractivity contribution >= 4 is 18.6 Å². The normalized spacial score (nSPS) is 10.0. The molecule has 0 aliphatic carbocycles. The van der Waals surface area contributed by atoms with Crippen molar-refractivity contribution in [1.82, 2.24) is 0 Å². The Hall–Kier alpha value is -0.961. The van der Waals surface area contributed by atoms with Gasteiger partial charge in [0, 0.05) is 17.1 Å². The number of hydrogen-bond donors (Lipinski definition) is 1. The number of carbonyl (C=O) groups excluding carboxylic acids is 1. The van der Waals surface area contributed by atoms with E-state index < -0.39 is 0 Å². The van der Waals surface area contributed by atoms with Gasteiger partial charge in [-0.1, -0.05) is 76.2 Å². The third-order valence-electron chi connectivity index (χ3n) is 4.99. The molecule has 176 valence electrons. The van der Waals surface area contributed by atoms with Crippen LogP contribution in [0.15, 0.2) is 54.6 Å². The van der Waals surface area contributed by atoms with Crippen LogP contribution in [0, 0.1) is 0 Å². The standard InChI is InChI=1S/C21H35O2S.C5H5.Fe/c22-21(20-16-12-13-17-20)23-18-14-10-8-6-4-2-1-3-5-7-9-11-15-19-24;1-2-4-5-3-1;/h12-13,16-17,24H,1-11,14-15,18-19H2;1-5H;/q-1;-5;. The summed E-state index contributed by atoms with van der Waals surface area (Å²) in [7, 11) is 0. The van der Waals surface area contributed by atoms with Crippen LogP contribution in [0.2, 0.25) is 0 Å². The minimum absolute atomic E-state index is 0. The Morgan fingerprint density at radius 1 is 0.667 bits per heavy atom. The Morgan fingerprint density at radius 2 is 1.03 bits per heavy atom. The van der Waals surface area contributed by atoms with Crippen molar-refractivity contribution in [3.05, 3.63) is 60.2 Å². The number of unbranched alkanes of at least 4 members (excludes halogenated alkanes) is 12. The van der Waals surface area contributed by atoms with E-state index >= 15 is 0 Å². The fraction of sp³-hybridized carbons (Fsp3) is 0.577. The first-order valence-electron chi connectivity index (χ1n) is 11.5. The fourth-order valence-corrected chi connectivity index (χ4v) is 3.46. The smallest absolute Gasteiger partial charge is 0.281 e. The molecule has 2 aromatic rings. The molecule has 0 amide bonds. The molecule has 0 fully saturated rings. The van der Waals surface area contributed by atoms with E-state index in [0.29, 0.717) is 12.2 Å². The molecule has 0 saturated heterocycles. The maximum absolute atomic E-state index is 11.6. The molecule has 0 atom stereocenters. The van der Waals surface area contributed by atoms with Crippen molar-refractivity contribution in [3.63, 3.8) is 0 Å². The van der Waals surface area contributed by atoms with Crippen LogP contribution in [0.1, 0.15) is 93.8 Å². The molecule has 0 bridgehead atoms. The van der Waals surface area contributed by atoms with Crippen LogP contribution in [0.25, 0.3) is 0 Å². The first-order valence-corrected chi connectivity index (χ1v) is 12.1. The van der Waals surface area contributed by atoms with Gasteiger partial charge in [0.2, 0.25) is 0 Å². The van der Waals surface area contributed by atoms with Gasteiger partial charge in [-0.25, -0.2) is 12.1 Å². The quantitative estimate of drug-likeness (QED) is 0.0882. The zero-order chi connectivity index (χ0) is 20.8. The molecule has 0 aliphatic rings. The molecular formula is C26H40FeO2S-6. The third-order valence-corrected chi connectivity index (χ3v) is 5.31. The van der Waals surface area contributed by atoms with Crippen molar-refractivity contribution in [1.29, 1.82) is 0 Å². The number of rotatable bonds is 16. The molecule has 0 saturated carbocycles. The SMILES string of the molecule is O=C(OCCCCCCCCCCCCCCCS)[c-]1cccc1.[Fe].[cH-]1[cH-][cH-][cH-][cH-]1. The number of ether oxygens (including phenoxy) is 1. The van der Waals surface area contributed by atoms with Gasteiger partial charge in [0.15, 0.2) is 0 Å². The molecule has 2 rings (SSSR count). The Labute approximate surface area is 200 Å². The summed E-state index contributed by atoms with van der Waals surface area (Å²) in [5, 5.41) is 0. The second-order valence-corrected chi connectivity index (χ2v) is 8.04. The van der Waals surface area contributed by atoms with Gasteiger partial charge >= 0.3 is 0 Å². The molecule has 0 heterocycles. The first kappa shape index (κ1) is 29.0. The van der Waals surface area contributed by atoms with E-state index in [1.54, 1.807) is 12.1 Å². The number of carbonyl (C=O) groups is 1. The van der Waals surface area contributed by atoms with E-state index in [0.717, 1.165) is 12.2 Å². The van der Waals surface area contributed by atoms with Gasteiger partial charge in [-0.3, -0.25) is 4.79 Å². The van der Waals surface area contributed by atoms with Crippen LogP contribution >= 0.6 is 12.6 Å². The van der Waals surface area contributed by atoms with Crippen LogP contribution in [0.4, 0.5) is 0 Å². The second kappa shape index (κ2) is 22.7. The summed E-state index contributed by atoms with van der Waals surface area (Å²) in [4.78, 5) is 11.6. The minimum atomic E-state index is -0.189. The summed E-state index contributed by atoms with van der Waals surface area (Å²) in [6.07, 6.45) is 17.1. The van der Waals surface area contributed by atoms with E-state index in [9.17, 15) is 4.79 Å². The molecule has 2 aromatic carbocycles. The maximum atomic E-state index is 11.6. The zero-order valence-corrected chi connectivity index (χ0v) is 20.4. The third kappa shape index (κ3) is 17.9. The Kier molecular flexibility index (Phi) is 22.0. The Bertz CT molecular complexity index is 534. The molecule has 4 heteroatoms. The summed E-state index contributed by atoms with van der Waals surface area (Å²) in [6, 6.07) is 17.3. The predicted molar refractivity (Wildman–Crippen MR) is 128 cm³/mol. The molecule has 30 heavy (non-hydrogen) atoms. The van der Waals surface area contributed by atoms with Gasteiger partial charge in [0.25, 0.3) is 5.97 Å². The summed E-state index contributed by atoms with van der Waals surface area (Å²) in [6.45, 7) is 0.553. The molecule has 0 aromatic heterocycles. The summed E-state index contributed by atoms with van der Waals surface area (Å²) in [5.41, 5.74) is 0.664. The molecule has 0 unspecified atom stereocenters. The summed E-state index contributed by atoms with van der Waals surface area (Å²) < 4.78 is 5.25. The van der Waals surface area contributed by atoms with E-state index in [1.165, 1.54) is 77.0 Å². The van der Waals surface area contributed by atoms with Crippen molar-refractivity contribution in [2.75, 3.05) is 12.4 Å². The number of esters is 1. The van der Waals surface area contributed by atoms with Gasteiger partial charge in [-0.05, 0) is 18.6 Å². The Morgan fingerprint density at radius 3 is 1.43 bits per heavy atom. The number of thiol groups is 1. The van der Waals surface area contributed by atoms with Crippen LogP contribution in [-0.2, 0) is 21.8 Å². The van der Waals surface area contributed by atoms with E-state index in [2.05, 4.69) is 12.6 Å². The van der Waals surface area contributed by atoms with Crippen molar-refractivity contribution in [3.8, 4) is 0 Å². The van der Waals surface area contributed by atoms with E-state index in [1.807, 2.05) is 42.5 Å². The van der Waals surface area contributed by atoms with Gasteiger partial charge < -0.3 is 35.1 Å². The van der Waals surface area contributed by atoms with Crippen LogP contribution in [-0.4, -0.2) is 18.3 Å². The molecule has 0 spiro atoms.